The summed E-state index contributed by atoms with van der Waals surface area (Å²) in [6.45, 7) is 0.567. The molecule has 1 aromatic carbocycles. The van der Waals surface area contributed by atoms with Gasteiger partial charge in [0.15, 0.2) is 0 Å². The third-order valence-electron chi connectivity index (χ3n) is 3.49. The number of ether oxygens (including phenoxy) is 1. The molecule has 0 spiro atoms. The molecule has 0 aliphatic carbocycles. The smallest absolute Gasteiger partial charge is 0.335 e. The molecular formula is C15H13NO4S. The fourth-order valence-corrected chi connectivity index (χ4v) is 3.20. The number of fused-ring (bicyclic) bond motifs is 1. The number of methoxy groups -OCH3 is 1. The van der Waals surface area contributed by atoms with E-state index in [-0.39, 0.29) is 11.5 Å². The van der Waals surface area contributed by atoms with Gasteiger partial charge in [0.05, 0.1) is 17.6 Å². The van der Waals surface area contributed by atoms with Crippen LogP contribution in [0.25, 0.3) is 0 Å². The third-order valence-corrected chi connectivity index (χ3v) is 4.39. The van der Waals surface area contributed by atoms with E-state index in [0.29, 0.717) is 22.9 Å². The molecule has 1 aromatic heterocycles. The normalized spacial score (nSPS) is 13.1. The maximum atomic E-state index is 12.6. The first-order valence-corrected chi connectivity index (χ1v) is 7.28. The van der Waals surface area contributed by atoms with Gasteiger partial charge in [-0.2, -0.15) is 0 Å². The van der Waals surface area contributed by atoms with Crippen molar-refractivity contribution in [2.45, 2.75) is 6.42 Å². The molecule has 1 aliphatic heterocycles. The van der Waals surface area contributed by atoms with E-state index in [2.05, 4.69) is 0 Å². The standard InChI is InChI=1S/C15H13NO4S/c1-20-11-7-13(21-8-11)14(17)16-5-4-9-2-3-10(15(18)19)6-12(9)16/h2-3,6-8H,4-5H2,1H3,(H,18,19). The van der Waals surface area contributed by atoms with Crippen molar-refractivity contribution in [2.24, 2.45) is 0 Å². The van der Waals surface area contributed by atoms with Crippen LogP contribution in [0.15, 0.2) is 29.6 Å². The van der Waals surface area contributed by atoms with Gasteiger partial charge in [-0.25, -0.2) is 4.79 Å². The molecule has 2 aromatic rings. The zero-order chi connectivity index (χ0) is 15.0. The molecule has 1 N–H and O–H groups in total. The Labute approximate surface area is 125 Å². The quantitative estimate of drug-likeness (QED) is 0.946. The first-order chi connectivity index (χ1) is 10.1. The number of carbonyl (C=O) groups is 2. The Morgan fingerprint density at radius 2 is 2.14 bits per heavy atom. The van der Waals surface area contributed by atoms with Crippen LogP contribution in [0.1, 0.15) is 25.6 Å². The number of anilines is 1. The summed E-state index contributed by atoms with van der Waals surface area (Å²) in [5, 5.41) is 10.9. The van der Waals surface area contributed by atoms with Gasteiger partial charge in [0.2, 0.25) is 0 Å². The number of thiophene rings is 1. The number of rotatable bonds is 3. The Morgan fingerprint density at radius 3 is 2.81 bits per heavy atom. The molecular weight excluding hydrogens is 290 g/mol. The van der Waals surface area contributed by atoms with Crippen molar-refractivity contribution >= 4 is 28.9 Å². The molecule has 0 saturated heterocycles. The third kappa shape index (κ3) is 2.38. The maximum Gasteiger partial charge on any atom is 0.335 e. The molecule has 1 amide bonds. The van der Waals surface area contributed by atoms with E-state index < -0.39 is 5.97 Å². The van der Waals surface area contributed by atoms with Gasteiger partial charge in [-0.15, -0.1) is 11.3 Å². The minimum Gasteiger partial charge on any atom is -0.496 e. The number of carboxylic acids is 1. The second kappa shape index (κ2) is 5.21. The van der Waals surface area contributed by atoms with Crippen LogP contribution < -0.4 is 9.64 Å². The first-order valence-electron chi connectivity index (χ1n) is 6.41. The van der Waals surface area contributed by atoms with E-state index in [1.165, 1.54) is 11.3 Å². The van der Waals surface area contributed by atoms with Crippen LogP contribution in [0.4, 0.5) is 5.69 Å². The molecule has 6 heteroatoms. The molecule has 108 valence electrons. The maximum absolute atomic E-state index is 12.6. The lowest BCUT2D eigenvalue weighted by Gasteiger charge is -2.16. The van der Waals surface area contributed by atoms with Gasteiger partial charge >= 0.3 is 5.97 Å². The van der Waals surface area contributed by atoms with E-state index in [4.69, 9.17) is 9.84 Å². The highest BCUT2D eigenvalue weighted by Crippen LogP contribution is 2.32. The number of carboxylic acid groups (broad SMARTS) is 1. The van der Waals surface area contributed by atoms with Gasteiger partial charge in [0, 0.05) is 23.7 Å². The fourth-order valence-electron chi connectivity index (χ4n) is 2.39. The molecule has 0 unspecified atom stereocenters. The topological polar surface area (TPSA) is 66.8 Å². The van der Waals surface area contributed by atoms with Crippen LogP contribution in [0.5, 0.6) is 5.75 Å². The first kappa shape index (κ1) is 13.6. The van der Waals surface area contributed by atoms with E-state index in [9.17, 15) is 9.59 Å². The van der Waals surface area contributed by atoms with Crippen molar-refractivity contribution in [1.29, 1.82) is 0 Å². The van der Waals surface area contributed by atoms with Crippen LogP contribution in [-0.2, 0) is 6.42 Å². The average Bonchev–Trinajstić information content (AvgIpc) is 3.12. The summed E-state index contributed by atoms with van der Waals surface area (Å²) < 4.78 is 5.09. The molecule has 0 radical (unpaired) electrons. The molecule has 0 bridgehead atoms. The van der Waals surface area contributed by atoms with Crippen molar-refractivity contribution in [2.75, 3.05) is 18.6 Å². The van der Waals surface area contributed by atoms with Gasteiger partial charge < -0.3 is 14.7 Å². The molecule has 0 saturated carbocycles. The number of hydrogen-bond donors (Lipinski definition) is 1. The summed E-state index contributed by atoms with van der Waals surface area (Å²) in [7, 11) is 1.56. The summed E-state index contributed by atoms with van der Waals surface area (Å²) in [4.78, 5) is 25.8. The predicted octanol–water partition coefficient (Wildman–Crippen LogP) is 2.66. The summed E-state index contributed by atoms with van der Waals surface area (Å²) >= 11 is 1.32. The summed E-state index contributed by atoms with van der Waals surface area (Å²) in [5.74, 6) is -0.457. The van der Waals surface area contributed by atoms with Gasteiger partial charge in [-0.3, -0.25) is 4.79 Å². The van der Waals surface area contributed by atoms with E-state index in [1.807, 2.05) is 0 Å². The zero-order valence-corrected chi connectivity index (χ0v) is 12.1. The number of benzene rings is 1. The molecule has 2 heterocycles. The van der Waals surface area contributed by atoms with Crippen molar-refractivity contribution in [3.05, 3.63) is 45.6 Å². The minimum absolute atomic E-state index is 0.121. The second-order valence-electron chi connectivity index (χ2n) is 4.71. The van der Waals surface area contributed by atoms with Crippen LogP contribution in [0.3, 0.4) is 0 Å². The summed E-state index contributed by atoms with van der Waals surface area (Å²) in [5.41, 5.74) is 1.88. The largest absolute Gasteiger partial charge is 0.496 e. The molecule has 0 fully saturated rings. The molecule has 1 aliphatic rings. The molecule has 21 heavy (non-hydrogen) atoms. The highest BCUT2D eigenvalue weighted by atomic mass is 32.1. The van der Waals surface area contributed by atoms with E-state index >= 15 is 0 Å². The highest BCUT2D eigenvalue weighted by Gasteiger charge is 2.27. The van der Waals surface area contributed by atoms with Crippen LogP contribution >= 0.6 is 11.3 Å². The fraction of sp³-hybridized carbons (Fsp3) is 0.200. The Kier molecular flexibility index (Phi) is 3.39. The van der Waals surface area contributed by atoms with Crippen LogP contribution in [-0.4, -0.2) is 30.6 Å². The van der Waals surface area contributed by atoms with Crippen molar-refractivity contribution in [1.82, 2.24) is 0 Å². The lowest BCUT2D eigenvalue weighted by Crippen LogP contribution is -2.28. The van der Waals surface area contributed by atoms with Crippen molar-refractivity contribution < 1.29 is 19.4 Å². The number of nitrogens with zero attached hydrogens (tertiary/aromatic N) is 1. The Balaban J connectivity index is 1.94. The van der Waals surface area contributed by atoms with E-state index in [1.54, 1.807) is 41.7 Å². The van der Waals surface area contributed by atoms with Crippen LogP contribution in [0, 0.1) is 0 Å². The monoisotopic (exact) mass is 303 g/mol. The number of aromatic carboxylic acids is 1. The highest BCUT2D eigenvalue weighted by molar-refractivity contribution is 7.12. The van der Waals surface area contributed by atoms with Crippen molar-refractivity contribution in [3.63, 3.8) is 0 Å². The van der Waals surface area contributed by atoms with E-state index in [0.717, 1.165) is 12.0 Å². The Hall–Kier alpha value is -2.34. The molecule has 0 atom stereocenters. The number of carbonyl (C=O) groups excluding carboxylic acids is 1. The number of hydrogen-bond acceptors (Lipinski definition) is 4. The lowest BCUT2D eigenvalue weighted by molar-refractivity contribution is 0.0696. The number of amides is 1. The van der Waals surface area contributed by atoms with Gasteiger partial charge in [0.25, 0.3) is 5.91 Å². The molecule has 3 rings (SSSR count). The van der Waals surface area contributed by atoms with Gasteiger partial charge in [-0.05, 0) is 24.1 Å². The summed E-state index contributed by atoms with van der Waals surface area (Å²) in [6.07, 6.45) is 0.740. The Bertz CT molecular complexity index is 722. The average molecular weight is 303 g/mol. The predicted molar refractivity (Wildman–Crippen MR) is 79.7 cm³/mol. The Morgan fingerprint density at radius 1 is 1.33 bits per heavy atom. The van der Waals surface area contributed by atoms with Crippen molar-refractivity contribution in [3.8, 4) is 5.75 Å². The summed E-state index contributed by atoms with van der Waals surface area (Å²) in [6, 6.07) is 6.61. The van der Waals surface area contributed by atoms with Crippen LogP contribution in [0.2, 0.25) is 0 Å². The lowest BCUT2D eigenvalue weighted by atomic mass is 10.1. The zero-order valence-electron chi connectivity index (χ0n) is 11.3. The van der Waals surface area contributed by atoms with Gasteiger partial charge in [0.1, 0.15) is 5.75 Å². The van der Waals surface area contributed by atoms with Gasteiger partial charge in [-0.1, -0.05) is 6.07 Å². The molecule has 5 nitrogen and oxygen atoms in total. The SMILES string of the molecule is COc1csc(C(=O)N2CCc3ccc(C(=O)O)cc32)c1. The minimum atomic E-state index is -0.991. The second-order valence-corrected chi connectivity index (χ2v) is 5.62.